The highest BCUT2D eigenvalue weighted by molar-refractivity contribution is 5.87. The average molecular weight is 607 g/mol. The number of carbonyl (C=O) groups excluding carboxylic acids is 4. The smallest absolute Gasteiger partial charge is 0.303 e. The second-order valence-corrected chi connectivity index (χ2v) is 9.65. The van der Waals surface area contributed by atoms with E-state index in [1.54, 1.807) is 30.5 Å². The third-order valence-electron chi connectivity index (χ3n) is 6.26. The summed E-state index contributed by atoms with van der Waals surface area (Å²) in [5.74, 6) is -3.05. The van der Waals surface area contributed by atoms with Crippen molar-refractivity contribution in [1.29, 1.82) is 0 Å². The van der Waals surface area contributed by atoms with Crippen molar-refractivity contribution in [1.82, 2.24) is 24.5 Å². The number of carbonyl (C=O) groups is 4. The number of aromatic amines is 1. The number of nitrogens with one attached hydrogen (secondary N) is 2. The summed E-state index contributed by atoms with van der Waals surface area (Å²) < 4.78 is 23.5. The molecule has 1 aliphatic heterocycles. The van der Waals surface area contributed by atoms with E-state index in [1.165, 1.54) is 18.4 Å². The number of pyridine rings is 1. The van der Waals surface area contributed by atoms with E-state index in [2.05, 4.69) is 35.5 Å². The Hall–Kier alpha value is -5.58. The van der Waals surface area contributed by atoms with Crippen molar-refractivity contribution in [3.63, 3.8) is 0 Å². The van der Waals surface area contributed by atoms with Gasteiger partial charge in [0.25, 0.3) is 11.5 Å². The standard InChI is InChI=1S/C27H26N8O9/c1-12(36)29-26-31-23-20(24(40)32-26)30-27(34-33-17-7-8-18-16(10-17)6-5-9-28-18)35(23)25-22(43-15(4)39)21(42-14(3)38)19(44-25)11-41-13(2)37/h5-10,19,21-22,25H,11H2,1-4H3,(H2,29,31,32,36,40)/b34-33+/t19-,21?,22+,25-/m1/s1. The Bertz CT molecular complexity index is 1870. The maximum atomic E-state index is 13.0. The number of ether oxygens (including phenoxy) is 4. The van der Waals surface area contributed by atoms with E-state index < -0.39 is 53.9 Å². The minimum Gasteiger partial charge on any atom is -0.463 e. The predicted octanol–water partition coefficient (Wildman–Crippen LogP) is 2.37. The van der Waals surface area contributed by atoms with E-state index in [4.69, 9.17) is 18.9 Å². The molecule has 0 bridgehead atoms. The summed E-state index contributed by atoms with van der Waals surface area (Å²) in [6.07, 6.45) is -3.44. The molecule has 228 valence electrons. The van der Waals surface area contributed by atoms with E-state index in [0.717, 1.165) is 24.8 Å². The van der Waals surface area contributed by atoms with Crippen LogP contribution in [0.2, 0.25) is 0 Å². The van der Waals surface area contributed by atoms with E-state index in [0.29, 0.717) is 5.69 Å². The molecule has 2 N–H and O–H groups in total. The largest absolute Gasteiger partial charge is 0.463 e. The number of H-pyrrole nitrogens is 1. The first kappa shape index (κ1) is 29.9. The lowest BCUT2D eigenvalue weighted by molar-refractivity contribution is -0.166. The second-order valence-electron chi connectivity index (χ2n) is 9.65. The fourth-order valence-corrected chi connectivity index (χ4v) is 4.63. The van der Waals surface area contributed by atoms with Gasteiger partial charge in [-0.1, -0.05) is 6.07 Å². The van der Waals surface area contributed by atoms with E-state index >= 15 is 0 Å². The van der Waals surface area contributed by atoms with Gasteiger partial charge in [0.1, 0.15) is 12.7 Å². The Kier molecular flexibility index (Phi) is 8.38. The van der Waals surface area contributed by atoms with Gasteiger partial charge in [-0.05, 0) is 24.3 Å². The van der Waals surface area contributed by atoms with Crippen LogP contribution >= 0.6 is 0 Å². The highest BCUT2D eigenvalue weighted by Crippen LogP contribution is 2.39. The number of rotatable bonds is 8. The molecule has 0 spiro atoms. The molecule has 1 aliphatic rings. The number of fused-ring (bicyclic) bond motifs is 2. The first-order valence-electron chi connectivity index (χ1n) is 13.2. The van der Waals surface area contributed by atoms with Crippen molar-refractivity contribution in [2.24, 2.45) is 10.2 Å². The van der Waals surface area contributed by atoms with Crippen LogP contribution in [0.5, 0.6) is 0 Å². The van der Waals surface area contributed by atoms with Crippen LogP contribution in [-0.4, -0.2) is 73.2 Å². The molecule has 17 heteroatoms. The van der Waals surface area contributed by atoms with Gasteiger partial charge in [0.15, 0.2) is 29.6 Å². The van der Waals surface area contributed by atoms with Crippen LogP contribution in [0, 0.1) is 0 Å². The molecular weight excluding hydrogens is 580 g/mol. The van der Waals surface area contributed by atoms with Gasteiger partial charge in [-0.15, -0.1) is 10.2 Å². The van der Waals surface area contributed by atoms with Crippen molar-refractivity contribution >= 4 is 63.5 Å². The molecule has 0 aliphatic carbocycles. The number of aromatic nitrogens is 5. The van der Waals surface area contributed by atoms with Crippen LogP contribution in [0.1, 0.15) is 33.9 Å². The maximum Gasteiger partial charge on any atom is 0.303 e. The molecule has 1 saturated heterocycles. The number of azo groups is 1. The first-order chi connectivity index (χ1) is 21.0. The molecule has 4 aromatic rings. The third kappa shape index (κ3) is 6.41. The summed E-state index contributed by atoms with van der Waals surface area (Å²) in [6.45, 7) is 4.32. The molecule has 17 nitrogen and oxygen atoms in total. The molecule has 3 aromatic heterocycles. The minimum absolute atomic E-state index is 0.133. The van der Waals surface area contributed by atoms with Gasteiger partial charge in [-0.2, -0.15) is 4.98 Å². The Morgan fingerprint density at radius 1 is 1.00 bits per heavy atom. The van der Waals surface area contributed by atoms with E-state index in [9.17, 15) is 24.0 Å². The highest BCUT2D eigenvalue weighted by atomic mass is 16.7. The van der Waals surface area contributed by atoms with E-state index in [-0.39, 0.29) is 29.7 Å². The molecule has 1 unspecified atom stereocenters. The second kappa shape index (κ2) is 12.3. The summed E-state index contributed by atoms with van der Waals surface area (Å²) in [6, 6.07) is 8.77. The maximum absolute atomic E-state index is 13.0. The van der Waals surface area contributed by atoms with Crippen LogP contribution in [-0.2, 0) is 38.1 Å². The van der Waals surface area contributed by atoms with Crippen molar-refractivity contribution in [3.05, 3.63) is 46.9 Å². The minimum atomic E-state index is -1.37. The Balaban J connectivity index is 1.68. The van der Waals surface area contributed by atoms with Crippen LogP contribution < -0.4 is 10.9 Å². The number of esters is 3. The number of hydrogen-bond acceptors (Lipinski definition) is 14. The zero-order valence-corrected chi connectivity index (χ0v) is 23.8. The summed E-state index contributed by atoms with van der Waals surface area (Å²) in [5, 5.41) is 11.7. The topological polar surface area (TPSA) is 218 Å². The number of hydrogen-bond donors (Lipinski definition) is 2. The van der Waals surface area contributed by atoms with Gasteiger partial charge in [0.2, 0.25) is 11.9 Å². The molecule has 0 radical (unpaired) electrons. The average Bonchev–Trinajstić information content (AvgIpc) is 3.47. The molecule has 44 heavy (non-hydrogen) atoms. The highest BCUT2D eigenvalue weighted by Gasteiger charge is 2.52. The Labute approximate surface area is 247 Å². The number of anilines is 1. The number of nitrogens with zero attached hydrogens (tertiary/aromatic N) is 6. The zero-order valence-electron chi connectivity index (χ0n) is 23.8. The van der Waals surface area contributed by atoms with Gasteiger partial charge >= 0.3 is 17.9 Å². The summed E-state index contributed by atoms with van der Waals surface area (Å²) in [7, 11) is 0. The lowest BCUT2D eigenvalue weighted by Crippen LogP contribution is -2.40. The molecule has 1 aromatic carbocycles. The molecule has 1 amide bonds. The van der Waals surface area contributed by atoms with Crippen LogP contribution in [0.15, 0.2) is 51.6 Å². The number of benzene rings is 1. The van der Waals surface area contributed by atoms with Gasteiger partial charge < -0.3 is 18.9 Å². The van der Waals surface area contributed by atoms with Crippen LogP contribution in [0.25, 0.3) is 22.1 Å². The molecule has 0 saturated carbocycles. The molecule has 4 heterocycles. The number of amides is 1. The lowest BCUT2D eigenvalue weighted by atomic mass is 10.1. The van der Waals surface area contributed by atoms with Crippen molar-refractivity contribution in [2.75, 3.05) is 11.9 Å². The summed E-state index contributed by atoms with van der Waals surface area (Å²) in [5.41, 5.74) is 0.0679. The Morgan fingerprint density at radius 3 is 2.45 bits per heavy atom. The number of imidazole rings is 1. The van der Waals surface area contributed by atoms with Crippen molar-refractivity contribution in [3.8, 4) is 0 Å². The quantitative estimate of drug-likeness (QED) is 0.168. The summed E-state index contributed by atoms with van der Waals surface area (Å²) >= 11 is 0. The molecular formula is C27H26N8O9. The van der Waals surface area contributed by atoms with Crippen molar-refractivity contribution in [2.45, 2.75) is 52.2 Å². The summed E-state index contributed by atoms with van der Waals surface area (Å²) in [4.78, 5) is 76.0. The molecule has 5 rings (SSSR count). The Morgan fingerprint density at radius 2 is 1.75 bits per heavy atom. The SMILES string of the molecule is CC(=O)Nc1nc2c(nc(/N=N/c3ccc4ncccc4c3)n2[C@@H]2O[C@H](COC(C)=O)C(OC(C)=O)[C@@H]2OC(C)=O)c(=O)[nH]1. The monoisotopic (exact) mass is 606 g/mol. The zero-order chi connectivity index (χ0) is 31.5. The fraction of sp³-hybridized carbons (Fsp3) is 0.333. The van der Waals surface area contributed by atoms with Gasteiger partial charge in [-0.25, -0.2) is 4.98 Å². The molecule has 4 atom stereocenters. The normalized spacial score (nSPS) is 19.7. The molecule has 1 fully saturated rings. The van der Waals surface area contributed by atoms with Crippen LogP contribution in [0.3, 0.4) is 0 Å². The van der Waals surface area contributed by atoms with Crippen molar-refractivity contribution < 1.29 is 38.1 Å². The van der Waals surface area contributed by atoms with E-state index in [1.807, 2.05) is 6.07 Å². The van der Waals surface area contributed by atoms with Gasteiger partial charge in [0, 0.05) is 39.3 Å². The fourth-order valence-electron chi connectivity index (χ4n) is 4.63. The van der Waals surface area contributed by atoms with Crippen LogP contribution in [0.4, 0.5) is 17.6 Å². The third-order valence-corrected chi connectivity index (χ3v) is 6.26. The van der Waals surface area contributed by atoms with Gasteiger partial charge in [-0.3, -0.25) is 43.8 Å². The predicted molar refractivity (Wildman–Crippen MR) is 150 cm³/mol. The lowest BCUT2D eigenvalue weighted by Gasteiger charge is -2.24. The first-order valence-corrected chi connectivity index (χ1v) is 13.2. The van der Waals surface area contributed by atoms with Gasteiger partial charge in [0.05, 0.1) is 11.2 Å².